The minimum absolute atomic E-state index is 0.272. The molecule has 10 heavy (non-hydrogen) atoms. The van der Waals surface area contributed by atoms with Crippen molar-refractivity contribution in [3.63, 3.8) is 0 Å². The molecule has 2 heteroatoms. The first-order valence-corrected chi connectivity index (χ1v) is 4.12. The van der Waals surface area contributed by atoms with Crippen LogP contribution >= 0.6 is 0 Å². The molecule has 0 saturated carbocycles. The maximum absolute atomic E-state index is 13.5. The van der Waals surface area contributed by atoms with Crippen LogP contribution < -0.4 is 5.32 Å². The summed E-state index contributed by atoms with van der Waals surface area (Å²) in [6, 6.07) is 0. The fourth-order valence-electron chi connectivity index (χ4n) is 1.67. The number of halogens is 1. The van der Waals surface area contributed by atoms with Crippen LogP contribution in [-0.4, -0.2) is 18.8 Å². The highest BCUT2D eigenvalue weighted by molar-refractivity contribution is 4.97. The Balaban J connectivity index is 2.43. The third kappa shape index (κ3) is 1.17. The topological polar surface area (TPSA) is 12.0 Å². The summed E-state index contributed by atoms with van der Waals surface area (Å²) in [6.07, 6.45) is 1.93. The van der Waals surface area contributed by atoms with Crippen LogP contribution in [0.5, 0.6) is 0 Å². The van der Waals surface area contributed by atoms with Crippen molar-refractivity contribution in [1.29, 1.82) is 0 Å². The zero-order valence-electron chi connectivity index (χ0n) is 6.78. The van der Waals surface area contributed by atoms with E-state index < -0.39 is 5.67 Å². The molecule has 0 radical (unpaired) electrons. The molecule has 0 unspecified atom stereocenters. The molecule has 0 amide bonds. The Morgan fingerprint density at radius 3 is 2.00 bits per heavy atom. The molecule has 60 valence electrons. The SMILES string of the molecule is CCC(CC)C1(F)CNC1. The zero-order valence-corrected chi connectivity index (χ0v) is 6.78. The monoisotopic (exact) mass is 145 g/mol. The molecule has 1 N–H and O–H groups in total. The third-order valence-electron chi connectivity index (χ3n) is 2.56. The summed E-state index contributed by atoms with van der Waals surface area (Å²) in [5.41, 5.74) is -0.872. The minimum atomic E-state index is -0.872. The second-order valence-corrected chi connectivity index (χ2v) is 3.15. The van der Waals surface area contributed by atoms with Crippen LogP contribution in [0, 0.1) is 5.92 Å². The Morgan fingerprint density at radius 2 is 1.90 bits per heavy atom. The van der Waals surface area contributed by atoms with Gasteiger partial charge in [-0.05, 0) is 5.92 Å². The van der Waals surface area contributed by atoms with Gasteiger partial charge in [-0.15, -0.1) is 0 Å². The second kappa shape index (κ2) is 2.87. The average Bonchev–Trinajstić information content (AvgIpc) is 1.87. The molecule has 0 aromatic carbocycles. The Morgan fingerprint density at radius 1 is 1.40 bits per heavy atom. The second-order valence-electron chi connectivity index (χ2n) is 3.15. The van der Waals surface area contributed by atoms with E-state index in [1.165, 1.54) is 0 Å². The Bertz CT molecular complexity index is 106. The summed E-state index contributed by atoms with van der Waals surface area (Å²) in [4.78, 5) is 0. The zero-order chi connectivity index (χ0) is 7.61. The Labute approximate surface area is 62.0 Å². The molecule has 1 fully saturated rings. The van der Waals surface area contributed by atoms with Gasteiger partial charge in [0, 0.05) is 13.1 Å². The van der Waals surface area contributed by atoms with Gasteiger partial charge in [-0.2, -0.15) is 0 Å². The molecule has 1 saturated heterocycles. The lowest BCUT2D eigenvalue weighted by molar-refractivity contribution is 0.0198. The summed E-state index contributed by atoms with van der Waals surface area (Å²) in [5, 5.41) is 2.98. The van der Waals surface area contributed by atoms with Gasteiger partial charge in [-0.25, -0.2) is 4.39 Å². The van der Waals surface area contributed by atoms with Crippen LogP contribution in [0.15, 0.2) is 0 Å². The minimum Gasteiger partial charge on any atom is -0.310 e. The number of alkyl halides is 1. The van der Waals surface area contributed by atoms with Crippen molar-refractivity contribution in [3.05, 3.63) is 0 Å². The maximum Gasteiger partial charge on any atom is 0.138 e. The van der Waals surface area contributed by atoms with Crippen LogP contribution in [0.25, 0.3) is 0 Å². The normalized spacial score (nSPS) is 22.8. The van der Waals surface area contributed by atoms with Gasteiger partial charge in [0.2, 0.25) is 0 Å². The molecule has 0 aromatic rings. The summed E-state index contributed by atoms with van der Waals surface area (Å²) in [6.45, 7) is 5.26. The van der Waals surface area contributed by atoms with E-state index in [2.05, 4.69) is 19.2 Å². The number of hydrogen-bond acceptors (Lipinski definition) is 1. The largest absolute Gasteiger partial charge is 0.310 e. The molecule has 0 aromatic heterocycles. The van der Waals surface area contributed by atoms with E-state index in [9.17, 15) is 4.39 Å². The fourth-order valence-corrected chi connectivity index (χ4v) is 1.67. The van der Waals surface area contributed by atoms with Crippen molar-refractivity contribution in [2.24, 2.45) is 5.92 Å². The summed E-state index contributed by atoms with van der Waals surface area (Å²) in [5.74, 6) is 0.272. The highest BCUT2D eigenvalue weighted by Gasteiger charge is 2.42. The quantitative estimate of drug-likeness (QED) is 0.637. The maximum atomic E-state index is 13.5. The molecule has 0 aliphatic carbocycles. The van der Waals surface area contributed by atoms with E-state index in [4.69, 9.17) is 0 Å². The van der Waals surface area contributed by atoms with Gasteiger partial charge >= 0.3 is 0 Å². The summed E-state index contributed by atoms with van der Waals surface area (Å²) >= 11 is 0. The Kier molecular flexibility index (Phi) is 2.29. The lowest BCUT2D eigenvalue weighted by atomic mass is 9.81. The Hall–Kier alpha value is -0.110. The molecule has 1 aliphatic heterocycles. The van der Waals surface area contributed by atoms with Crippen molar-refractivity contribution < 1.29 is 4.39 Å². The van der Waals surface area contributed by atoms with Crippen molar-refractivity contribution in [2.45, 2.75) is 32.4 Å². The highest BCUT2D eigenvalue weighted by Crippen LogP contribution is 2.31. The lowest BCUT2D eigenvalue weighted by Gasteiger charge is -2.40. The van der Waals surface area contributed by atoms with Crippen LogP contribution in [0.2, 0.25) is 0 Å². The number of nitrogens with one attached hydrogen (secondary N) is 1. The van der Waals surface area contributed by atoms with Crippen LogP contribution in [0.3, 0.4) is 0 Å². The highest BCUT2D eigenvalue weighted by atomic mass is 19.1. The van der Waals surface area contributed by atoms with Gasteiger partial charge < -0.3 is 5.32 Å². The molecule has 0 atom stereocenters. The first kappa shape index (κ1) is 7.99. The fraction of sp³-hybridized carbons (Fsp3) is 1.00. The van der Waals surface area contributed by atoms with Crippen molar-refractivity contribution in [1.82, 2.24) is 5.32 Å². The van der Waals surface area contributed by atoms with Crippen LogP contribution in [0.1, 0.15) is 26.7 Å². The van der Waals surface area contributed by atoms with E-state index in [0.29, 0.717) is 13.1 Å². The summed E-state index contributed by atoms with van der Waals surface area (Å²) < 4.78 is 13.5. The van der Waals surface area contributed by atoms with Crippen LogP contribution in [-0.2, 0) is 0 Å². The smallest absolute Gasteiger partial charge is 0.138 e. The standard InChI is InChI=1S/C8H16FN/c1-3-7(4-2)8(9)5-10-6-8/h7,10H,3-6H2,1-2H3. The molecular formula is C8H16FN. The molecular weight excluding hydrogens is 129 g/mol. The number of hydrogen-bond donors (Lipinski definition) is 1. The van der Waals surface area contributed by atoms with E-state index in [-0.39, 0.29) is 5.92 Å². The first-order chi connectivity index (χ1) is 4.73. The molecule has 1 nitrogen and oxygen atoms in total. The van der Waals surface area contributed by atoms with Gasteiger partial charge in [-0.1, -0.05) is 26.7 Å². The van der Waals surface area contributed by atoms with Crippen molar-refractivity contribution in [2.75, 3.05) is 13.1 Å². The van der Waals surface area contributed by atoms with Gasteiger partial charge in [-0.3, -0.25) is 0 Å². The number of rotatable bonds is 3. The first-order valence-electron chi connectivity index (χ1n) is 4.12. The molecule has 0 bridgehead atoms. The summed E-state index contributed by atoms with van der Waals surface area (Å²) in [7, 11) is 0. The predicted octanol–water partition coefficient (Wildman–Crippen LogP) is 1.73. The average molecular weight is 145 g/mol. The van der Waals surface area contributed by atoms with Gasteiger partial charge in [0.05, 0.1) is 0 Å². The van der Waals surface area contributed by atoms with Gasteiger partial charge in [0.15, 0.2) is 0 Å². The molecule has 0 spiro atoms. The molecule has 1 rings (SSSR count). The molecule has 1 aliphatic rings. The predicted molar refractivity (Wildman–Crippen MR) is 40.8 cm³/mol. The van der Waals surface area contributed by atoms with Gasteiger partial charge in [0.1, 0.15) is 5.67 Å². The van der Waals surface area contributed by atoms with E-state index in [1.807, 2.05) is 0 Å². The van der Waals surface area contributed by atoms with Gasteiger partial charge in [0.25, 0.3) is 0 Å². The van der Waals surface area contributed by atoms with Crippen molar-refractivity contribution >= 4 is 0 Å². The van der Waals surface area contributed by atoms with Crippen LogP contribution in [0.4, 0.5) is 4.39 Å². The van der Waals surface area contributed by atoms with E-state index in [0.717, 1.165) is 12.8 Å². The van der Waals surface area contributed by atoms with E-state index in [1.54, 1.807) is 0 Å². The van der Waals surface area contributed by atoms with Crippen molar-refractivity contribution in [3.8, 4) is 0 Å². The lowest BCUT2D eigenvalue weighted by Crippen LogP contribution is -2.60. The third-order valence-corrected chi connectivity index (χ3v) is 2.56. The molecule has 1 heterocycles. The van der Waals surface area contributed by atoms with E-state index >= 15 is 0 Å².